The number of thioether (sulfide) groups is 1. The molecular formula is C14H16ClFN2O2S. The van der Waals surface area contributed by atoms with Gasteiger partial charge in [-0.15, -0.1) is 24.2 Å². The quantitative estimate of drug-likeness (QED) is 0.908. The van der Waals surface area contributed by atoms with Crippen molar-refractivity contribution in [1.29, 1.82) is 0 Å². The minimum absolute atomic E-state index is 0. The lowest BCUT2D eigenvalue weighted by Crippen LogP contribution is -2.41. The van der Waals surface area contributed by atoms with Gasteiger partial charge in [-0.2, -0.15) is 0 Å². The van der Waals surface area contributed by atoms with Crippen LogP contribution in [0.25, 0.3) is 11.0 Å². The summed E-state index contributed by atoms with van der Waals surface area (Å²) in [5, 5.41) is 6.72. The fourth-order valence-corrected chi connectivity index (χ4v) is 3.21. The van der Waals surface area contributed by atoms with Crippen LogP contribution in [0.2, 0.25) is 0 Å². The van der Waals surface area contributed by atoms with Crippen LogP contribution in [0.3, 0.4) is 0 Å². The third kappa shape index (κ3) is 3.33. The Labute approximate surface area is 132 Å². The predicted molar refractivity (Wildman–Crippen MR) is 84.3 cm³/mol. The van der Waals surface area contributed by atoms with Gasteiger partial charge in [0.25, 0.3) is 0 Å². The van der Waals surface area contributed by atoms with Crippen molar-refractivity contribution < 1.29 is 13.6 Å². The Morgan fingerprint density at radius 3 is 3.10 bits per heavy atom. The van der Waals surface area contributed by atoms with E-state index in [1.54, 1.807) is 17.8 Å². The molecule has 21 heavy (non-hydrogen) atoms. The summed E-state index contributed by atoms with van der Waals surface area (Å²) in [5.41, 5.74) is 1.51. The summed E-state index contributed by atoms with van der Waals surface area (Å²) in [7, 11) is 0. The van der Waals surface area contributed by atoms with E-state index in [-0.39, 0.29) is 30.2 Å². The molecule has 1 aliphatic rings. The van der Waals surface area contributed by atoms with Crippen LogP contribution in [0.1, 0.15) is 11.3 Å². The highest BCUT2D eigenvalue weighted by atomic mass is 35.5. The van der Waals surface area contributed by atoms with Crippen molar-refractivity contribution >= 4 is 41.0 Å². The predicted octanol–water partition coefficient (Wildman–Crippen LogP) is 2.58. The summed E-state index contributed by atoms with van der Waals surface area (Å²) >= 11 is 1.70. The van der Waals surface area contributed by atoms with E-state index in [9.17, 15) is 9.18 Å². The average molecular weight is 331 g/mol. The number of carbonyl (C=O) groups excluding carboxylic acids is 1. The first kappa shape index (κ1) is 16.1. The number of hydrogen-bond donors (Lipinski definition) is 2. The van der Waals surface area contributed by atoms with E-state index < -0.39 is 0 Å². The third-order valence-electron chi connectivity index (χ3n) is 3.45. The van der Waals surface area contributed by atoms with Gasteiger partial charge in [-0.05, 0) is 25.1 Å². The van der Waals surface area contributed by atoms with Crippen LogP contribution in [0.4, 0.5) is 4.39 Å². The van der Waals surface area contributed by atoms with Crippen LogP contribution in [-0.4, -0.2) is 23.6 Å². The van der Waals surface area contributed by atoms with Gasteiger partial charge < -0.3 is 9.73 Å². The second-order valence-electron chi connectivity index (χ2n) is 4.78. The van der Waals surface area contributed by atoms with Crippen LogP contribution in [0.5, 0.6) is 0 Å². The van der Waals surface area contributed by atoms with Gasteiger partial charge in [0, 0.05) is 22.6 Å². The zero-order valence-corrected chi connectivity index (χ0v) is 13.1. The molecule has 1 aliphatic heterocycles. The Morgan fingerprint density at radius 2 is 2.38 bits per heavy atom. The molecule has 114 valence electrons. The number of amides is 1. The average Bonchev–Trinajstić information content (AvgIpc) is 3.06. The number of aryl methyl sites for hydroxylation is 1. The van der Waals surface area contributed by atoms with E-state index in [1.807, 2.05) is 6.92 Å². The molecule has 0 radical (unpaired) electrons. The Morgan fingerprint density at radius 1 is 1.57 bits per heavy atom. The fourth-order valence-electron chi connectivity index (χ4n) is 2.27. The number of benzene rings is 1. The monoisotopic (exact) mass is 330 g/mol. The molecule has 0 bridgehead atoms. The minimum Gasteiger partial charge on any atom is -0.459 e. The normalized spacial score (nSPS) is 17.7. The number of halogens is 2. The van der Waals surface area contributed by atoms with Crippen LogP contribution in [-0.2, 0) is 11.3 Å². The van der Waals surface area contributed by atoms with Crippen molar-refractivity contribution in [3.8, 4) is 0 Å². The fraction of sp³-hybridized carbons (Fsp3) is 0.357. The van der Waals surface area contributed by atoms with Gasteiger partial charge in [0.05, 0.1) is 12.6 Å². The summed E-state index contributed by atoms with van der Waals surface area (Å²) in [6, 6.07) is 4.29. The maximum absolute atomic E-state index is 13.2. The van der Waals surface area contributed by atoms with Gasteiger partial charge in [-0.25, -0.2) is 4.39 Å². The number of rotatable bonds is 3. The summed E-state index contributed by atoms with van der Waals surface area (Å²) in [6.07, 6.45) is 0. The van der Waals surface area contributed by atoms with Gasteiger partial charge >= 0.3 is 0 Å². The maximum Gasteiger partial charge on any atom is 0.238 e. The standard InChI is InChI=1S/C14H15FN2O2S.ClH/c1-8-10-4-9(15)2-3-12(10)19-13(8)5-16-14(18)11-6-20-7-17-11;/h2-4,11,17H,5-7H2,1H3,(H,16,18);1H. The molecule has 0 saturated carbocycles. The van der Waals surface area contributed by atoms with E-state index in [4.69, 9.17) is 4.42 Å². The van der Waals surface area contributed by atoms with Gasteiger partial charge in [-0.3, -0.25) is 10.1 Å². The first-order chi connectivity index (χ1) is 9.65. The lowest BCUT2D eigenvalue weighted by Gasteiger charge is -2.09. The number of nitrogens with one attached hydrogen (secondary N) is 2. The summed E-state index contributed by atoms with van der Waals surface area (Å²) in [5.74, 6) is 1.95. The van der Waals surface area contributed by atoms with Crippen molar-refractivity contribution in [2.75, 3.05) is 11.6 Å². The highest BCUT2D eigenvalue weighted by molar-refractivity contribution is 7.99. The molecule has 2 aromatic rings. The molecule has 0 aliphatic carbocycles. The topological polar surface area (TPSA) is 54.3 Å². The number of carbonyl (C=O) groups is 1. The van der Waals surface area contributed by atoms with Crippen molar-refractivity contribution in [2.24, 2.45) is 0 Å². The van der Waals surface area contributed by atoms with E-state index in [0.29, 0.717) is 17.9 Å². The van der Waals surface area contributed by atoms with E-state index >= 15 is 0 Å². The Kier molecular flexibility index (Phi) is 5.13. The van der Waals surface area contributed by atoms with Crippen molar-refractivity contribution in [3.05, 3.63) is 35.3 Å². The van der Waals surface area contributed by atoms with Crippen molar-refractivity contribution in [3.63, 3.8) is 0 Å². The van der Waals surface area contributed by atoms with E-state index in [0.717, 1.165) is 22.6 Å². The number of hydrogen-bond acceptors (Lipinski definition) is 4. The van der Waals surface area contributed by atoms with Gasteiger partial charge in [0.15, 0.2) is 0 Å². The van der Waals surface area contributed by atoms with Crippen molar-refractivity contribution in [2.45, 2.75) is 19.5 Å². The molecule has 1 saturated heterocycles. The molecule has 1 unspecified atom stereocenters. The third-order valence-corrected chi connectivity index (χ3v) is 4.39. The molecule has 2 N–H and O–H groups in total. The summed E-state index contributed by atoms with van der Waals surface area (Å²) in [4.78, 5) is 11.9. The Balaban J connectivity index is 0.00000161. The smallest absolute Gasteiger partial charge is 0.238 e. The largest absolute Gasteiger partial charge is 0.459 e. The summed E-state index contributed by atoms with van der Waals surface area (Å²) < 4.78 is 18.9. The highest BCUT2D eigenvalue weighted by Crippen LogP contribution is 2.25. The molecule has 1 aromatic carbocycles. The molecule has 1 amide bonds. The van der Waals surface area contributed by atoms with E-state index in [1.165, 1.54) is 12.1 Å². The lowest BCUT2D eigenvalue weighted by molar-refractivity contribution is -0.122. The maximum atomic E-state index is 13.2. The number of fused-ring (bicyclic) bond motifs is 1. The molecule has 0 spiro atoms. The SMILES string of the molecule is Cc1c(CNC(=O)C2CSCN2)oc2ccc(F)cc12.Cl. The number of furan rings is 1. The molecule has 1 atom stereocenters. The molecule has 4 nitrogen and oxygen atoms in total. The van der Waals surface area contributed by atoms with Crippen LogP contribution in [0.15, 0.2) is 22.6 Å². The molecule has 2 heterocycles. The van der Waals surface area contributed by atoms with Crippen LogP contribution < -0.4 is 10.6 Å². The summed E-state index contributed by atoms with van der Waals surface area (Å²) in [6.45, 7) is 2.19. The second kappa shape index (κ2) is 6.68. The minimum atomic E-state index is -0.288. The Hall–Kier alpha value is -1.24. The first-order valence-electron chi connectivity index (χ1n) is 6.41. The molecule has 7 heteroatoms. The van der Waals surface area contributed by atoms with Crippen molar-refractivity contribution in [1.82, 2.24) is 10.6 Å². The lowest BCUT2D eigenvalue weighted by atomic mass is 10.1. The second-order valence-corrected chi connectivity index (χ2v) is 5.81. The highest BCUT2D eigenvalue weighted by Gasteiger charge is 2.22. The zero-order chi connectivity index (χ0) is 14.1. The zero-order valence-electron chi connectivity index (χ0n) is 11.4. The van der Waals surface area contributed by atoms with Gasteiger partial charge in [0.1, 0.15) is 17.2 Å². The molecule has 3 rings (SSSR count). The Bertz CT molecular complexity index is 656. The van der Waals surface area contributed by atoms with E-state index in [2.05, 4.69) is 10.6 Å². The van der Waals surface area contributed by atoms with Gasteiger partial charge in [-0.1, -0.05) is 0 Å². The molecular weight excluding hydrogens is 315 g/mol. The first-order valence-corrected chi connectivity index (χ1v) is 7.57. The van der Waals surface area contributed by atoms with Crippen LogP contribution >= 0.6 is 24.2 Å². The molecule has 1 aromatic heterocycles. The molecule has 1 fully saturated rings. The van der Waals surface area contributed by atoms with Crippen LogP contribution in [0, 0.1) is 12.7 Å². The van der Waals surface area contributed by atoms with Gasteiger partial charge in [0.2, 0.25) is 5.91 Å².